The van der Waals surface area contributed by atoms with E-state index in [1.54, 1.807) is 13.8 Å². The van der Waals surface area contributed by atoms with Crippen LogP contribution < -0.4 is 24.8 Å². The Labute approximate surface area is 518 Å². The van der Waals surface area contributed by atoms with Crippen molar-refractivity contribution in [1.82, 2.24) is 4.58 Å². The largest absolute Gasteiger partial charge is 0.508 e. The van der Waals surface area contributed by atoms with E-state index in [2.05, 4.69) is 135 Å². The minimum atomic E-state index is -0.623. The maximum Gasteiger partial charge on any atom is 0.338 e. The minimum Gasteiger partial charge on any atom is -0.508 e. The van der Waals surface area contributed by atoms with Crippen LogP contribution in [-0.4, -0.2) is 77.2 Å². The normalized spacial score (nSPS) is 14.1. The van der Waals surface area contributed by atoms with Gasteiger partial charge < -0.3 is 45.0 Å². The number of hydrogen-bond acceptors (Lipinski definition) is 18. The van der Waals surface area contributed by atoms with E-state index in [1.165, 1.54) is 45.5 Å². The van der Waals surface area contributed by atoms with E-state index in [-0.39, 0.29) is 102 Å². The van der Waals surface area contributed by atoms with Crippen molar-refractivity contribution >= 4 is 62.5 Å². The number of likely N-dealkylation sites (N-methyl/N-ethyl adjacent to an activating group) is 2. The summed E-state index contributed by atoms with van der Waals surface area (Å²) >= 11 is 0. The van der Waals surface area contributed by atoms with Crippen molar-refractivity contribution in [3.63, 3.8) is 0 Å². The van der Waals surface area contributed by atoms with E-state index in [4.69, 9.17) is 9.47 Å². The number of carbonyl (C=O) groups is 1. The van der Waals surface area contributed by atoms with Crippen LogP contribution in [0, 0.1) is 34.1 Å². The van der Waals surface area contributed by atoms with Gasteiger partial charge in [0, 0.05) is 113 Å². The molecule has 7 aromatic rings. The fourth-order valence-corrected chi connectivity index (χ4v) is 11.1. The topological polar surface area (TPSA) is 299 Å². The number of allylic oxidation sites excluding steroid dienone is 2. The number of benzene rings is 7. The van der Waals surface area contributed by atoms with Crippen LogP contribution in [0.5, 0.6) is 46.0 Å². The van der Waals surface area contributed by atoms with Crippen molar-refractivity contribution < 1.29 is 71.5 Å². The number of ether oxygens (including phenoxy) is 2. The molecule has 21 nitrogen and oxygen atoms in total. The maximum absolute atomic E-state index is 13.6. The first-order chi connectivity index (χ1) is 41.2. The number of phenols is 6. The molecule has 3 aliphatic heterocycles. The van der Waals surface area contributed by atoms with Crippen LogP contribution in [0.3, 0.4) is 0 Å². The first-order valence-corrected chi connectivity index (χ1v) is 28.1. The Morgan fingerprint density at radius 2 is 1.17 bits per heavy atom. The van der Waals surface area contributed by atoms with Crippen molar-refractivity contribution in [1.29, 1.82) is 0 Å². The van der Waals surface area contributed by atoms with E-state index < -0.39 is 9.85 Å². The number of fused-ring (bicyclic) bond motifs is 4. The van der Waals surface area contributed by atoms with Crippen molar-refractivity contribution in [2.24, 2.45) is 20.5 Å². The smallest absolute Gasteiger partial charge is 0.338 e. The SMILES string of the molecule is CCCCOC(=O)c1ccccc1C1=c2cc3c(cc2Oc2cc4c(cc21)C(C)=CC(C)(C)N4CC)=[N+](CC)C(C)(C)C=C3C.Cc1cc(O)cc(O)c1N=Nc1cc([N+](=O)[O-])ccc1O.Cc1cc(O)cc(O)c1N=Nc1cc([N+](=O)[O-])ccc1O.[Co]. The van der Waals surface area contributed by atoms with Gasteiger partial charge in [0.25, 0.3) is 11.4 Å². The van der Waals surface area contributed by atoms with Gasteiger partial charge in [-0.1, -0.05) is 37.6 Å². The number of rotatable bonds is 13. The number of esters is 1. The third-order valence-electron chi connectivity index (χ3n) is 15.1. The van der Waals surface area contributed by atoms with Crippen LogP contribution in [0.15, 0.2) is 142 Å². The molecule has 3 aliphatic rings. The molecule has 459 valence electrons. The predicted octanol–water partition coefficient (Wildman–Crippen LogP) is 14.6. The van der Waals surface area contributed by atoms with E-state index in [1.807, 2.05) is 18.2 Å². The monoisotopic (exact) mass is 1240 g/mol. The number of nitro benzene ring substituents is 2. The standard InChI is InChI=1S/C40H47N2O3.2C13H11N3O5.Co/c1-10-13-18-44-38(43)28-17-15-14-16-27(28)37-31-19-29-25(4)23-39(6,7)41(11-2)33(29)21-35(31)45-36-22-34-30(20-32(36)37)26(5)24-40(8,9)42(34)12-3;2*1-7-4-9(17)6-12(19)13(7)15-14-10-5-8(16(20)21)2-3-11(10)18;/h14-17,19-24H,10-13,18H2,1-9H3;2*2-6,17-19H,1H3;/q+1;;;. The number of aryl methyl sites for hydroxylation is 2. The van der Waals surface area contributed by atoms with Crippen LogP contribution in [0.4, 0.5) is 39.8 Å². The third kappa shape index (κ3) is 13.8. The molecule has 6 N–H and O–H groups in total. The molecule has 0 unspecified atom stereocenters. The van der Waals surface area contributed by atoms with Gasteiger partial charge in [-0.15, -0.1) is 20.5 Å². The zero-order chi connectivity index (χ0) is 63.4. The maximum atomic E-state index is 13.6. The van der Waals surface area contributed by atoms with E-state index in [0.717, 1.165) is 108 Å². The number of nitro groups is 2. The second-order valence-corrected chi connectivity index (χ2v) is 22.2. The Kier molecular flexibility index (Phi) is 20.0. The van der Waals surface area contributed by atoms with Crippen molar-refractivity contribution in [2.45, 2.75) is 100 Å². The molecule has 0 spiro atoms. The van der Waals surface area contributed by atoms with Gasteiger partial charge in [-0.3, -0.25) is 20.2 Å². The van der Waals surface area contributed by atoms with Crippen molar-refractivity contribution in [3.8, 4) is 46.0 Å². The van der Waals surface area contributed by atoms with Gasteiger partial charge >= 0.3 is 5.97 Å². The average molecular weight is 1240 g/mol. The average Bonchev–Trinajstić information content (AvgIpc) is 2.08. The summed E-state index contributed by atoms with van der Waals surface area (Å²) in [5.74, 6) is -0.0615. The molecular formula is C66H69CoN8O13+. The molecule has 0 bridgehead atoms. The van der Waals surface area contributed by atoms with Crippen molar-refractivity contribution in [2.75, 3.05) is 24.6 Å². The van der Waals surface area contributed by atoms with Crippen LogP contribution in [0.25, 0.3) is 16.7 Å². The third-order valence-corrected chi connectivity index (χ3v) is 15.1. The van der Waals surface area contributed by atoms with Gasteiger partial charge in [0.15, 0.2) is 5.54 Å². The fourth-order valence-electron chi connectivity index (χ4n) is 11.1. The van der Waals surface area contributed by atoms with Gasteiger partial charge in [0.2, 0.25) is 5.36 Å². The summed E-state index contributed by atoms with van der Waals surface area (Å²) in [6.07, 6.45) is 6.52. The number of anilines is 1. The van der Waals surface area contributed by atoms with Gasteiger partial charge in [0.1, 0.15) is 75.3 Å². The number of hydrogen-bond donors (Lipinski definition) is 6. The number of phenolic OH excluding ortho intramolecular Hbond substituents is 6. The summed E-state index contributed by atoms with van der Waals surface area (Å²) in [5, 5.41) is 95.6. The van der Waals surface area contributed by atoms with Gasteiger partial charge in [-0.05, 0) is 138 Å². The summed E-state index contributed by atoms with van der Waals surface area (Å²) in [6, 6.07) is 28.4. The molecule has 3 heterocycles. The Balaban J connectivity index is 0.000000214. The second kappa shape index (κ2) is 26.8. The number of unbranched alkanes of at least 4 members (excludes halogenated alkanes) is 1. The zero-order valence-corrected chi connectivity index (χ0v) is 51.6. The molecule has 7 aromatic carbocycles. The summed E-state index contributed by atoms with van der Waals surface area (Å²) in [5.41, 5.74) is 9.64. The molecule has 0 aliphatic carbocycles. The molecule has 0 fully saturated rings. The number of azo groups is 2. The molecule has 0 amide bonds. The number of carbonyl (C=O) groups excluding carboxylic acids is 1. The second-order valence-electron chi connectivity index (χ2n) is 22.2. The zero-order valence-electron chi connectivity index (χ0n) is 50.5. The van der Waals surface area contributed by atoms with Crippen LogP contribution >= 0.6 is 0 Å². The molecule has 0 aromatic heterocycles. The molecule has 1 radical (unpaired) electrons. The number of nitrogens with zero attached hydrogens (tertiary/aromatic N) is 8. The Morgan fingerprint density at radius 3 is 1.68 bits per heavy atom. The fraction of sp³-hybridized carbons (Fsp3) is 0.273. The Bertz CT molecular complexity index is 4020. The molecule has 0 saturated carbocycles. The van der Waals surface area contributed by atoms with Gasteiger partial charge in [-0.25, -0.2) is 9.37 Å². The van der Waals surface area contributed by atoms with Gasteiger partial charge in [0.05, 0.1) is 33.6 Å². The van der Waals surface area contributed by atoms with E-state index >= 15 is 0 Å². The van der Waals surface area contributed by atoms with Gasteiger partial charge in [-0.2, -0.15) is 0 Å². The Morgan fingerprint density at radius 1 is 0.625 bits per heavy atom. The predicted molar refractivity (Wildman–Crippen MR) is 333 cm³/mol. The molecule has 88 heavy (non-hydrogen) atoms. The number of non-ortho nitro benzene ring substituents is 2. The quantitative estimate of drug-likeness (QED) is 0.0156. The number of aromatic hydroxyl groups is 6. The Hall–Kier alpha value is -9.93. The minimum absolute atomic E-state index is 0. The molecule has 10 rings (SSSR count). The summed E-state index contributed by atoms with van der Waals surface area (Å²) in [4.78, 5) is 36.1. The van der Waals surface area contributed by atoms with Crippen LogP contribution in [-0.2, 0) is 21.5 Å². The van der Waals surface area contributed by atoms with E-state index in [9.17, 15) is 55.7 Å². The first kappa shape index (κ1) is 65.6. The molecule has 0 saturated heterocycles. The van der Waals surface area contributed by atoms with Crippen LogP contribution in [0.1, 0.15) is 119 Å². The summed E-state index contributed by atoms with van der Waals surface area (Å²) < 4.78 is 15.1. The summed E-state index contributed by atoms with van der Waals surface area (Å²) in [6.45, 7) is 25.3. The first-order valence-electron chi connectivity index (χ1n) is 28.1. The molecular weight excluding hydrogens is 1170 g/mol. The van der Waals surface area contributed by atoms with Crippen LogP contribution in [0.2, 0.25) is 0 Å². The summed E-state index contributed by atoms with van der Waals surface area (Å²) in [7, 11) is 0. The molecule has 0 atom stereocenters. The molecule has 22 heteroatoms. The van der Waals surface area contributed by atoms with Crippen molar-refractivity contribution in [3.05, 3.63) is 191 Å². The van der Waals surface area contributed by atoms with E-state index in [0.29, 0.717) is 23.3 Å².